The molecule has 0 aliphatic carbocycles. The summed E-state index contributed by atoms with van der Waals surface area (Å²) in [5.74, 6) is -0.612. The lowest BCUT2D eigenvalue weighted by Gasteiger charge is -2.19. The van der Waals surface area contributed by atoms with E-state index in [2.05, 4.69) is 15.9 Å². The van der Waals surface area contributed by atoms with E-state index in [0.29, 0.717) is 5.69 Å². The molecule has 0 unspecified atom stereocenters. The molecule has 0 bridgehead atoms. The first-order valence-corrected chi connectivity index (χ1v) is 7.78. The Hall–Kier alpha value is -1.60. The zero-order chi connectivity index (χ0) is 14.9. The fourth-order valence-electron chi connectivity index (χ4n) is 1.60. The molecule has 0 heterocycles. The van der Waals surface area contributed by atoms with Crippen LogP contribution in [-0.4, -0.2) is 20.6 Å². The maximum Gasteiger partial charge on any atom is 0.264 e. The molecule has 0 aliphatic heterocycles. The third-order valence-electron chi connectivity index (χ3n) is 2.76. The minimum atomic E-state index is -3.85. The third-order valence-corrected chi connectivity index (χ3v) is 5.19. The Bertz CT molecular complexity index is 732. The average Bonchev–Trinajstić information content (AvgIpc) is 2.41. The topological polar surface area (TPSA) is 57.6 Å². The molecule has 0 saturated carbocycles. The van der Waals surface area contributed by atoms with Gasteiger partial charge in [-0.3, -0.25) is 4.31 Å². The van der Waals surface area contributed by atoms with Crippen LogP contribution in [-0.2, 0) is 10.0 Å². The lowest BCUT2D eigenvalue weighted by atomic mass is 10.3. The smallest absolute Gasteiger partial charge is 0.264 e. The summed E-state index contributed by atoms with van der Waals surface area (Å²) in [6.45, 7) is 0. The Balaban J connectivity index is 2.43. The van der Waals surface area contributed by atoms with Gasteiger partial charge in [-0.2, -0.15) is 0 Å². The molecule has 0 aliphatic rings. The van der Waals surface area contributed by atoms with Crippen LogP contribution in [0.5, 0.6) is 5.75 Å². The normalized spacial score (nSPS) is 11.3. The summed E-state index contributed by atoms with van der Waals surface area (Å²) in [5, 5.41) is 9.20. The highest BCUT2D eigenvalue weighted by molar-refractivity contribution is 9.10. The molecular formula is C13H11BrFNO3S. The first-order valence-electron chi connectivity index (χ1n) is 5.55. The van der Waals surface area contributed by atoms with Crippen LogP contribution in [0.2, 0.25) is 0 Å². The van der Waals surface area contributed by atoms with E-state index >= 15 is 0 Å². The van der Waals surface area contributed by atoms with Gasteiger partial charge in [0.25, 0.3) is 10.0 Å². The van der Waals surface area contributed by atoms with E-state index < -0.39 is 15.8 Å². The van der Waals surface area contributed by atoms with E-state index in [0.717, 1.165) is 10.4 Å². The second kappa shape index (κ2) is 5.41. The van der Waals surface area contributed by atoms with Crippen LogP contribution >= 0.6 is 15.9 Å². The lowest BCUT2D eigenvalue weighted by molar-refractivity contribution is 0.475. The molecule has 4 nitrogen and oxygen atoms in total. The van der Waals surface area contributed by atoms with Gasteiger partial charge >= 0.3 is 0 Å². The van der Waals surface area contributed by atoms with E-state index in [-0.39, 0.29) is 15.1 Å². The largest absolute Gasteiger partial charge is 0.508 e. The molecule has 106 valence electrons. The number of hydrogen-bond donors (Lipinski definition) is 1. The lowest BCUT2D eigenvalue weighted by Crippen LogP contribution is -2.26. The third kappa shape index (κ3) is 2.78. The number of anilines is 1. The highest BCUT2D eigenvalue weighted by Gasteiger charge is 2.22. The minimum absolute atomic E-state index is 0.0363. The molecule has 2 rings (SSSR count). The van der Waals surface area contributed by atoms with Crippen molar-refractivity contribution in [1.29, 1.82) is 0 Å². The molecule has 0 saturated heterocycles. The number of aromatic hydroxyl groups is 1. The molecule has 2 aromatic carbocycles. The highest BCUT2D eigenvalue weighted by Crippen LogP contribution is 2.26. The molecular weight excluding hydrogens is 349 g/mol. The Morgan fingerprint density at radius 1 is 1.15 bits per heavy atom. The summed E-state index contributed by atoms with van der Waals surface area (Å²) in [6.07, 6.45) is 0. The molecule has 0 radical (unpaired) electrons. The van der Waals surface area contributed by atoms with Crippen molar-refractivity contribution in [3.63, 3.8) is 0 Å². The van der Waals surface area contributed by atoms with Gasteiger partial charge in [-0.1, -0.05) is 0 Å². The van der Waals surface area contributed by atoms with Crippen molar-refractivity contribution in [2.45, 2.75) is 4.90 Å². The van der Waals surface area contributed by atoms with Crippen LogP contribution in [0.3, 0.4) is 0 Å². The number of sulfonamides is 1. The summed E-state index contributed by atoms with van der Waals surface area (Å²) in [4.78, 5) is -0.145. The summed E-state index contributed by atoms with van der Waals surface area (Å²) in [5.41, 5.74) is 0.367. The Kier molecular flexibility index (Phi) is 4.01. The number of rotatable bonds is 3. The molecule has 1 N–H and O–H groups in total. The van der Waals surface area contributed by atoms with Crippen molar-refractivity contribution >= 4 is 31.6 Å². The molecule has 0 aromatic heterocycles. The number of hydrogen-bond acceptors (Lipinski definition) is 3. The Labute approximate surface area is 124 Å². The predicted octanol–water partition coefficient (Wildman–Crippen LogP) is 3.12. The molecule has 0 amide bonds. The van der Waals surface area contributed by atoms with E-state index in [1.807, 2.05) is 0 Å². The minimum Gasteiger partial charge on any atom is -0.508 e. The summed E-state index contributed by atoms with van der Waals surface area (Å²) < 4.78 is 39.4. The van der Waals surface area contributed by atoms with Crippen LogP contribution in [0.4, 0.5) is 10.1 Å². The van der Waals surface area contributed by atoms with Crippen LogP contribution in [0.25, 0.3) is 0 Å². The van der Waals surface area contributed by atoms with Gasteiger partial charge in [0, 0.05) is 7.05 Å². The number of benzene rings is 2. The van der Waals surface area contributed by atoms with Crippen molar-refractivity contribution in [2.75, 3.05) is 11.4 Å². The van der Waals surface area contributed by atoms with Gasteiger partial charge in [-0.25, -0.2) is 12.8 Å². The zero-order valence-electron chi connectivity index (χ0n) is 10.4. The van der Waals surface area contributed by atoms with Gasteiger partial charge in [0.05, 0.1) is 15.1 Å². The van der Waals surface area contributed by atoms with Crippen molar-refractivity contribution < 1.29 is 17.9 Å². The van der Waals surface area contributed by atoms with Crippen LogP contribution in [0.15, 0.2) is 51.8 Å². The molecule has 0 spiro atoms. The monoisotopic (exact) mass is 359 g/mol. The van der Waals surface area contributed by atoms with Gasteiger partial charge < -0.3 is 5.11 Å². The highest BCUT2D eigenvalue weighted by atomic mass is 79.9. The fourth-order valence-corrected chi connectivity index (χ4v) is 3.05. The average molecular weight is 360 g/mol. The standard InChI is InChI=1S/C13H11BrFNO3S/c1-16(9-2-4-10(17)5-3-9)20(18,19)11-6-7-12(14)13(15)8-11/h2-8,17H,1H3. The first kappa shape index (κ1) is 14.8. The van der Waals surface area contributed by atoms with E-state index in [4.69, 9.17) is 0 Å². The Morgan fingerprint density at radius 2 is 1.75 bits per heavy atom. The fraction of sp³-hybridized carbons (Fsp3) is 0.0769. The molecule has 0 fully saturated rings. The van der Waals surface area contributed by atoms with Crippen LogP contribution in [0.1, 0.15) is 0 Å². The quantitative estimate of drug-likeness (QED) is 0.915. The predicted molar refractivity (Wildman–Crippen MR) is 77.8 cm³/mol. The van der Waals surface area contributed by atoms with Crippen molar-refractivity contribution in [2.24, 2.45) is 0 Å². The molecule has 0 atom stereocenters. The van der Waals surface area contributed by atoms with Crippen LogP contribution < -0.4 is 4.31 Å². The second-order valence-corrected chi connectivity index (χ2v) is 6.89. The van der Waals surface area contributed by atoms with Crippen molar-refractivity contribution in [3.8, 4) is 5.75 Å². The maximum atomic E-state index is 13.5. The first-order chi connectivity index (χ1) is 9.32. The van der Waals surface area contributed by atoms with Crippen LogP contribution in [0, 0.1) is 5.82 Å². The summed E-state index contributed by atoms with van der Waals surface area (Å²) >= 11 is 2.97. The van der Waals surface area contributed by atoms with Gasteiger partial charge in [0.1, 0.15) is 11.6 Å². The maximum absolute atomic E-state index is 13.5. The summed E-state index contributed by atoms with van der Waals surface area (Å²) in [7, 11) is -2.49. The van der Waals surface area contributed by atoms with Gasteiger partial charge in [0.2, 0.25) is 0 Å². The second-order valence-electron chi connectivity index (χ2n) is 4.06. The molecule has 2 aromatic rings. The number of nitrogens with zero attached hydrogens (tertiary/aromatic N) is 1. The van der Waals surface area contributed by atoms with Gasteiger partial charge in [-0.05, 0) is 58.4 Å². The Morgan fingerprint density at radius 3 is 2.30 bits per heavy atom. The molecule has 20 heavy (non-hydrogen) atoms. The number of halogens is 2. The SMILES string of the molecule is CN(c1ccc(O)cc1)S(=O)(=O)c1ccc(Br)c(F)c1. The van der Waals surface area contributed by atoms with E-state index in [9.17, 15) is 17.9 Å². The van der Waals surface area contributed by atoms with Crippen molar-refractivity contribution in [3.05, 3.63) is 52.8 Å². The number of phenolic OH excluding ortho intramolecular Hbond substituents is 1. The zero-order valence-corrected chi connectivity index (χ0v) is 12.8. The van der Waals surface area contributed by atoms with Gasteiger partial charge in [-0.15, -0.1) is 0 Å². The molecule has 7 heteroatoms. The van der Waals surface area contributed by atoms with E-state index in [1.54, 1.807) is 0 Å². The van der Waals surface area contributed by atoms with Gasteiger partial charge in [0.15, 0.2) is 0 Å². The summed E-state index contributed by atoms with van der Waals surface area (Å²) in [6, 6.07) is 9.29. The van der Waals surface area contributed by atoms with E-state index in [1.165, 1.54) is 43.4 Å². The van der Waals surface area contributed by atoms with Crippen molar-refractivity contribution in [1.82, 2.24) is 0 Å². The number of phenols is 1.